The minimum Gasteiger partial charge on any atom is -0.478 e. The van der Waals surface area contributed by atoms with Gasteiger partial charge in [0.05, 0.1) is 16.9 Å². The number of nitrogens with zero attached hydrogens (tertiary/aromatic N) is 1. The summed E-state index contributed by atoms with van der Waals surface area (Å²) in [5.41, 5.74) is 11.1. The Morgan fingerprint density at radius 2 is 1.06 bits per heavy atom. The summed E-state index contributed by atoms with van der Waals surface area (Å²) in [6.07, 6.45) is 0.632. The molecule has 2 aromatic carbocycles. The first-order chi connectivity index (χ1) is 21.5. The van der Waals surface area contributed by atoms with Crippen LogP contribution in [0.25, 0.3) is 0 Å². The van der Waals surface area contributed by atoms with Crippen LogP contribution in [-0.2, 0) is 9.47 Å². The molecule has 47 heavy (non-hydrogen) atoms. The third-order valence-corrected chi connectivity index (χ3v) is 7.34. The van der Waals surface area contributed by atoms with Crippen molar-refractivity contribution in [2.24, 2.45) is 0 Å². The lowest BCUT2D eigenvalue weighted by Gasteiger charge is -2.53. The van der Waals surface area contributed by atoms with Gasteiger partial charge in [-0.2, -0.15) is 0 Å². The molecule has 1 fully saturated rings. The molecule has 1 heterocycles. The Morgan fingerprint density at radius 3 is 1.40 bits per heavy atom. The van der Waals surface area contributed by atoms with Gasteiger partial charge in [-0.1, -0.05) is 0 Å². The van der Waals surface area contributed by atoms with Crippen molar-refractivity contribution in [3.8, 4) is 0 Å². The molecule has 1 aliphatic heterocycles. The molecule has 1 saturated heterocycles. The number of hydrogen-bond donors (Lipinski definition) is 6. The van der Waals surface area contributed by atoms with Crippen LogP contribution in [-0.4, -0.2) is 69.4 Å². The van der Waals surface area contributed by atoms with E-state index in [4.69, 9.17) is 14.6 Å². The number of hydrogen-bond acceptors (Lipinski definition) is 9. The van der Waals surface area contributed by atoms with Crippen LogP contribution in [0.4, 0.5) is 21.0 Å². The van der Waals surface area contributed by atoms with Crippen molar-refractivity contribution >= 4 is 35.4 Å². The molecule has 13 heteroatoms. The SMILES string of the molecule is CC(C)(C)OC(=O)NNc1ccc(C(=O)O)cc1.CN1C(C)(C)CC(NC(=O)c2ccc(NNC(=O)OC(C)(C)C)cc2)CC1(C)C. The maximum atomic E-state index is 12.7. The summed E-state index contributed by atoms with van der Waals surface area (Å²) < 4.78 is 10.2. The number of piperidine rings is 1. The maximum absolute atomic E-state index is 12.7. The van der Waals surface area contributed by atoms with Crippen molar-refractivity contribution in [2.75, 3.05) is 17.9 Å². The predicted molar refractivity (Wildman–Crippen MR) is 182 cm³/mol. The highest BCUT2D eigenvalue weighted by molar-refractivity contribution is 5.94. The zero-order chi connectivity index (χ0) is 35.8. The lowest BCUT2D eigenvalue weighted by Crippen LogP contribution is -2.62. The monoisotopic (exact) mass is 656 g/mol. The number of carboxylic acids is 1. The molecular weight excluding hydrogens is 604 g/mol. The second kappa shape index (κ2) is 15.4. The lowest BCUT2D eigenvalue weighted by atomic mass is 9.77. The Bertz CT molecular complexity index is 1360. The van der Waals surface area contributed by atoms with Gasteiger partial charge in [0.1, 0.15) is 11.2 Å². The Morgan fingerprint density at radius 1 is 0.702 bits per heavy atom. The molecule has 2 aromatic rings. The Kier molecular flexibility index (Phi) is 12.7. The first-order valence-corrected chi connectivity index (χ1v) is 15.5. The standard InChI is InChI=1S/C22H36N4O3.C12H16N2O4/c1-20(2,3)29-19(28)25-24-16-11-9-15(10-12-16)18(27)23-17-13-21(4,5)26(8)22(6,7)14-17;1-12(2,3)18-11(17)14-13-9-6-4-8(5-7-9)10(15)16/h9-12,17,24H,13-14H2,1-8H3,(H,23,27)(H,25,28);4-7,13H,1-3H3,(H,14,17)(H,15,16). The number of hydrazine groups is 2. The lowest BCUT2D eigenvalue weighted by molar-refractivity contribution is -0.0169. The number of benzene rings is 2. The summed E-state index contributed by atoms with van der Waals surface area (Å²) in [6.45, 7) is 19.5. The number of amides is 3. The van der Waals surface area contributed by atoms with Gasteiger partial charge in [-0.05, 0) is 138 Å². The number of anilines is 2. The maximum Gasteiger partial charge on any atom is 0.426 e. The summed E-state index contributed by atoms with van der Waals surface area (Å²) in [4.78, 5) is 48.7. The summed E-state index contributed by atoms with van der Waals surface area (Å²) in [5, 5.41) is 11.9. The van der Waals surface area contributed by atoms with Gasteiger partial charge in [0, 0.05) is 22.7 Å². The van der Waals surface area contributed by atoms with Crippen LogP contribution < -0.4 is 27.0 Å². The molecule has 0 saturated carbocycles. The van der Waals surface area contributed by atoms with Crippen LogP contribution >= 0.6 is 0 Å². The second-order valence-corrected chi connectivity index (χ2v) is 14.7. The average Bonchev–Trinajstić information content (AvgIpc) is 2.92. The fourth-order valence-electron chi connectivity index (χ4n) is 5.00. The van der Waals surface area contributed by atoms with Crippen molar-refractivity contribution in [3.63, 3.8) is 0 Å². The Hall–Kier alpha value is -4.52. The molecule has 3 amide bonds. The molecule has 6 N–H and O–H groups in total. The predicted octanol–water partition coefficient (Wildman–Crippen LogP) is 6.16. The minimum absolute atomic E-state index is 0.0147. The van der Waals surface area contributed by atoms with E-state index in [1.165, 1.54) is 12.1 Å². The van der Waals surface area contributed by atoms with Crippen LogP contribution in [0.3, 0.4) is 0 Å². The van der Waals surface area contributed by atoms with Crippen LogP contribution in [0.1, 0.15) is 103 Å². The van der Waals surface area contributed by atoms with Crippen LogP contribution in [0.15, 0.2) is 48.5 Å². The number of ether oxygens (including phenoxy) is 2. The number of aromatic carboxylic acids is 1. The quantitative estimate of drug-likeness (QED) is 0.190. The number of carbonyl (C=O) groups is 4. The summed E-state index contributed by atoms with van der Waals surface area (Å²) >= 11 is 0. The van der Waals surface area contributed by atoms with Gasteiger partial charge >= 0.3 is 18.2 Å². The van der Waals surface area contributed by atoms with Crippen LogP contribution in [0.2, 0.25) is 0 Å². The number of carbonyl (C=O) groups excluding carboxylic acids is 3. The van der Waals surface area contributed by atoms with Crippen molar-refractivity contribution in [1.29, 1.82) is 0 Å². The average molecular weight is 657 g/mol. The van der Waals surface area contributed by atoms with E-state index in [0.29, 0.717) is 16.9 Å². The molecule has 3 rings (SSSR count). The summed E-state index contributed by atoms with van der Waals surface area (Å²) in [5.74, 6) is -1.08. The molecule has 1 aliphatic rings. The van der Waals surface area contributed by atoms with Gasteiger partial charge in [-0.15, -0.1) is 0 Å². The fraction of sp³-hybridized carbons (Fsp3) is 0.529. The highest BCUT2D eigenvalue weighted by Crippen LogP contribution is 2.36. The van der Waals surface area contributed by atoms with Gasteiger partial charge in [0.15, 0.2) is 0 Å². The van der Waals surface area contributed by atoms with Gasteiger partial charge in [0.2, 0.25) is 0 Å². The molecule has 260 valence electrons. The van der Waals surface area contributed by atoms with E-state index in [1.807, 2.05) is 0 Å². The molecule has 0 unspecified atom stereocenters. The molecule has 0 aliphatic carbocycles. The number of carboxylic acid groups (broad SMARTS) is 1. The van der Waals surface area contributed by atoms with Crippen molar-refractivity contribution in [2.45, 2.75) is 110 Å². The third-order valence-electron chi connectivity index (χ3n) is 7.34. The van der Waals surface area contributed by atoms with E-state index in [-0.39, 0.29) is 28.6 Å². The highest BCUT2D eigenvalue weighted by Gasteiger charge is 2.43. The van der Waals surface area contributed by atoms with Gasteiger partial charge in [-0.3, -0.25) is 20.5 Å². The molecule has 0 bridgehead atoms. The van der Waals surface area contributed by atoms with Gasteiger partial charge in [-0.25, -0.2) is 25.2 Å². The van der Waals surface area contributed by atoms with E-state index in [2.05, 4.69) is 66.7 Å². The van der Waals surface area contributed by atoms with Crippen molar-refractivity contribution in [1.82, 2.24) is 21.1 Å². The Balaban J connectivity index is 0.000000366. The zero-order valence-electron chi connectivity index (χ0n) is 29.5. The summed E-state index contributed by atoms with van der Waals surface area (Å²) in [7, 11) is 2.15. The van der Waals surface area contributed by atoms with Gasteiger partial charge < -0.3 is 19.9 Å². The first-order valence-electron chi connectivity index (χ1n) is 15.5. The second-order valence-electron chi connectivity index (χ2n) is 14.7. The molecule has 0 atom stereocenters. The minimum atomic E-state index is -0.998. The third kappa shape index (κ3) is 13.4. The highest BCUT2D eigenvalue weighted by atomic mass is 16.6. The molecule has 0 radical (unpaired) electrons. The number of rotatable bonds is 7. The normalized spacial score (nSPS) is 16.0. The largest absolute Gasteiger partial charge is 0.478 e. The van der Waals surface area contributed by atoms with Crippen LogP contribution in [0.5, 0.6) is 0 Å². The van der Waals surface area contributed by atoms with Crippen LogP contribution in [0, 0.1) is 0 Å². The number of nitrogens with one attached hydrogen (secondary N) is 5. The van der Waals surface area contributed by atoms with E-state index >= 15 is 0 Å². The molecular formula is C34H52N6O7. The van der Waals surface area contributed by atoms with Crippen molar-refractivity contribution < 1.29 is 33.8 Å². The summed E-state index contributed by atoms with van der Waals surface area (Å²) in [6, 6.07) is 13.0. The molecule has 0 spiro atoms. The molecule has 0 aromatic heterocycles. The number of likely N-dealkylation sites (tertiary alicyclic amines) is 1. The fourth-order valence-corrected chi connectivity index (χ4v) is 5.00. The smallest absolute Gasteiger partial charge is 0.426 e. The van der Waals surface area contributed by atoms with E-state index in [0.717, 1.165) is 12.8 Å². The van der Waals surface area contributed by atoms with E-state index < -0.39 is 29.4 Å². The zero-order valence-corrected chi connectivity index (χ0v) is 29.5. The van der Waals surface area contributed by atoms with Gasteiger partial charge in [0.25, 0.3) is 5.91 Å². The van der Waals surface area contributed by atoms with E-state index in [1.54, 1.807) is 77.9 Å². The molecule has 13 nitrogen and oxygen atoms in total. The first kappa shape index (κ1) is 38.7. The topological polar surface area (TPSA) is 170 Å². The Labute approximate surface area is 278 Å². The van der Waals surface area contributed by atoms with E-state index in [9.17, 15) is 19.2 Å². The van der Waals surface area contributed by atoms with Crippen molar-refractivity contribution in [3.05, 3.63) is 59.7 Å².